The topological polar surface area (TPSA) is 37.8 Å². The van der Waals surface area contributed by atoms with Gasteiger partial charge in [0.1, 0.15) is 0 Å². The lowest BCUT2D eigenvalue weighted by Crippen LogP contribution is -2.15. The van der Waals surface area contributed by atoms with E-state index in [-0.39, 0.29) is 0 Å². The fourth-order valence-electron chi connectivity index (χ4n) is 1.99. The van der Waals surface area contributed by atoms with Crippen molar-refractivity contribution in [2.45, 2.75) is 33.4 Å². The smallest absolute Gasteiger partial charge is 0.0573 e. The molecule has 0 aromatic carbocycles. The molecule has 0 saturated heterocycles. The van der Waals surface area contributed by atoms with E-state index in [0.717, 1.165) is 25.2 Å². The van der Waals surface area contributed by atoms with Crippen LogP contribution in [0, 0.1) is 6.92 Å². The molecular weight excluding hydrogens is 222 g/mol. The molecule has 3 heteroatoms. The van der Waals surface area contributed by atoms with Gasteiger partial charge in [0, 0.05) is 31.7 Å². The van der Waals surface area contributed by atoms with Crippen LogP contribution < -0.4 is 5.32 Å². The zero-order valence-corrected chi connectivity index (χ0v) is 11.0. The van der Waals surface area contributed by atoms with Gasteiger partial charge in [-0.15, -0.1) is 0 Å². The van der Waals surface area contributed by atoms with Crippen molar-refractivity contribution >= 4 is 0 Å². The van der Waals surface area contributed by atoms with Gasteiger partial charge in [-0.1, -0.05) is 19.1 Å². The van der Waals surface area contributed by atoms with Gasteiger partial charge < -0.3 is 5.32 Å². The minimum atomic E-state index is 0.804. The van der Waals surface area contributed by atoms with E-state index in [1.54, 1.807) is 0 Å². The molecule has 0 aliphatic rings. The van der Waals surface area contributed by atoms with Gasteiger partial charge in [-0.2, -0.15) is 0 Å². The number of pyridine rings is 2. The first-order valence-corrected chi connectivity index (χ1v) is 6.33. The molecule has 0 bridgehead atoms. The van der Waals surface area contributed by atoms with Crippen molar-refractivity contribution < 1.29 is 0 Å². The monoisotopic (exact) mass is 241 g/mol. The first-order valence-electron chi connectivity index (χ1n) is 6.33. The van der Waals surface area contributed by atoms with Crippen LogP contribution in [0.5, 0.6) is 0 Å². The third-order valence-corrected chi connectivity index (χ3v) is 2.92. The van der Waals surface area contributed by atoms with Crippen LogP contribution in [0.4, 0.5) is 0 Å². The summed E-state index contributed by atoms with van der Waals surface area (Å²) in [4.78, 5) is 8.61. The van der Waals surface area contributed by atoms with E-state index in [0.29, 0.717) is 0 Å². The highest BCUT2D eigenvalue weighted by molar-refractivity contribution is 5.20. The average molecular weight is 241 g/mol. The Balaban J connectivity index is 1.92. The Bertz CT molecular complexity index is 509. The standard InChI is InChI=1S/C15H19N3/c1-3-14-5-4-6-18-15(14)11-17-10-13-7-12(2)8-16-9-13/h4-9,17H,3,10-11H2,1-2H3. The normalized spacial score (nSPS) is 10.6. The number of hydrogen-bond donors (Lipinski definition) is 1. The molecular formula is C15H19N3. The van der Waals surface area contributed by atoms with E-state index < -0.39 is 0 Å². The number of aryl methyl sites for hydroxylation is 2. The van der Waals surface area contributed by atoms with E-state index in [1.165, 1.54) is 16.7 Å². The fourth-order valence-corrected chi connectivity index (χ4v) is 1.99. The van der Waals surface area contributed by atoms with Crippen molar-refractivity contribution in [3.05, 3.63) is 59.2 Å². The van der Waals surface area contributed by atoms with Crippen molar-refractivity contribution in [1.82, 2.24) is 15.3 Å². The highest BCUT2D eigenvalue weighted by Crippen LogP contribution is 2.06. The van der Waals surface area contributed by atoms with Gasteiger partial charge in [0.05, 0.1) is 5.69 Å². The van der Waals surface area contributed by atoms with Gasteiger partial charge in [0.2, 0.25) is 0 Å². The molecule has 1 N–H and O–H groups in total. The summed E-state index contributed by atoms with van der Waals surface area (Å²) < 4.78 is 0. The molecule has 18 heavy (non-hydrogen) atoms. The second-order valence-corrected chi connectivity index (χ2v) is 4.44. The van der Waals surface area contributed by atoms with E-state index in [2.05, 4.69) is 41.3 Å². The Hall–Kier alpha value is -1.74. The van der Waals surface area contributed by atoms with Gasteiger partial charge in [-0.3, -0.25) is 9.97 Å². The average Bonchev–Trinajstić information content (AvgIpc) is 2.39. The van der Waals surface area contributed by atoms with E-state index in [4.69, 9.17) is 0 Å². The molecule has 2 heterocycles. The molecule has 0 fully saturated rings. The largest absolute Gasteiger partial charge is 0.307 e. The van der Waals surface area contributed by atoms with Gasteiger partial charge >= 0.3 is 0 Å². The summed E-state index contributed by atoms with van der Waals surface area (Å²) in [6.45, 7) is 5.85. The zero-order valence-electron chi connectivity index (χ0n) is 11.0. The highest BCUT2D eigenvalue weighted by atomic mass is 14.9. The SMILES string of the molecule is CCc1cccnc1CNCc1cncc(C)c1. The van der Waals surface area contributed by atoms with Gasteiger partial charge in [-0.05, 0) is 36.1 Å². The predicted octanol–water partition coefficient (Wildman–Crippen LogP) is 2.64. The van der Waals surface area contributed by atoms with E-state index in [1.807, 2.05) is 24.7 Å². The number of aromatic nitrogens is 2. The fraction of sp³-hybridized carbons (Fsp3) is 0.333. The van der Waals surface area contributed by atoms with Gasteiger partial charge in [-0.25, -0.2) is 0 Å². The molecule has 0 radical (unpaired) electrons. The van der Waals surface area contributed by atoms with Crippen LogP contribution in [0.1, 0.15) is 29.3 Å². The van der Waals surface area contributed by atoms with Gasteiger partial charge in [0.15, 0.2) is 0 Å². The maximum atomic E-state index is 4.42. The maximum Gasteiger partial charge on any atom is 0.0573 e. The summed E-state index contributed by atoms with van der Waals surface area (Å²) in [6.07, 6.45) is 6.65. The molecule has 0 unspecified atom stereocenters. The van der Waals surface area contributed by atoms with Crippen molar-refractivity contribution in [1.29, 1.82) is 0 Å². The van der Waals surface area contributed by atoms with Crippen molar-refractivity contribution in [3.8, 4) is 0 Å². The Kier molecular flexibility index (Phi) is 4.42. The lowest BCUT2D eigenvalue weighted by atomic mass is 10.1. The lowest BCUT2D eigenvalue weighted by Gasteiger charge is -2.08. The number of rotatable bonds is 5. The predicted molar refractivity (Wildman–Crippen MR) is 73.1 cm³/mol. The second-order valence-electron chi connectivity index (χ2n) is 4.44. The van der Waals surface area contributed by atoms with E-state index in [9.17, 15) is 0 Å². The Morgan fingerprint density at radius 3 is 2.89 bits per heavy atom. The minimum absolute atomic E-state index is 0.804. The summed E-state index contributed by atoms with van der Waals surface area (Å²) in [5.41, 5.74) is 4.86. The first kappa shape index (κ1) is 12.7. The molecule has 0 saturated carbocycles. The Labute approximate surface area is 108 Å². The summed E-state index contributed by atoms with van der Waals surface area (Å²) in [6, 6.07) is 6.28. The molecule has 2 rings (SSSR count). The third-order valence-electron chi connectivity index (χ3n) is 2.92. The van der Waals surface area contributed by atoms with Crippen LogP contribution in [0.15, 0.2) is 36.8 Å². The zero-order chi connectivity index (χ0) is 12.8. The number of nitrogens with zero attached hydrogens (tertiary/aromatic N) is 2. The molecule has 3 nitrogen and oxygen atoms in total. The maximum absolute atomic E-state index is 4.42. The van der Waals surface area contributed by atoms with Crippen LogP contribution in [0.3, 0.4) is 0 Å². The van der Waals surface area contributed by atoms with Gasteiger partial charge in [0.25, 0.3) is 0 Å². The van der Waals surface area contributed by atoms with E-state index >= 15 is 0 Å². The number of hydrogen-bond acceptors (Lipinski definition) is 3. The first-order chi connectivity index (χ1) is 8.79. The van der Waals surface area contributed by atoms with Crippen LogP contribution in [-0.4, -0.2) is 9.97 Å². The van der Waals surface area contributed by atoms with Crippen LogP contribution >= 0.6 is 0 Å². The molecule has 0 amide bonds. The molecule has 0 spiro atoms. The molecule has 94 valence electrons. The quantitative estimate of drug-likeness (QED) is 0.874. The summed E-state index contributed by atoms with van der Waals surface area (Å²) >= 11 is 0. The molecule has 2 aromatic rings. The van der Waals surface area contributed by atoms with Crippen molar-refractivity contribution in [2.24, 2.45) is 0 Å². The molecule has 0 atom stereocenters. The summed E-state index contributed by atoms with van der Waals surface area (Å²) in [5, 5.41) is 3.42. The van der Waals surface area contributed by atoms with Crippen LogP contribution in [-0.2, 0) is 19.5 Å². The molecule has 0 aliphatic heterocycles. The van der Waals surface area contributed by atoms with Crippen molar-refractivity contribution in [2.75, 3.05) is 0 Å². The Morgan fingerprint density at radius 2 is 2.11 bits per heavy atom. The van der Waals surface area contributed by atoms with Crippen LogP contribution in [0.25, 0.3) is 0 Å². The molecule has 0 aliphatic carbocycles. The summed E-state index contributed by atoms with van der Waals surface area (Å²) in [7, 11) is 0. The minimum Gasteiger partial charge on any atom is -0.307 e. The van der Waals surface area contributed by atoms with Crippen LogP contribution in [0.2, 0.25) is 0 Å². The summed E-state index contributed by atoms with van der Waals surface area (Å²) in [5.74, 6) is 0. The Morgan fingerprint density at radius 1 is 1.22 bits per heavy atom. The highest BCUT2D eigenvalue weighted by Gasteiger charge is 2.01. The van der Waals surface area contributed by atoms with Crippen molar-refractivity contribution in [3.63, 3.8) is 0 Å². The number of nitrogens with one attached hydrogen (secondary N) is 1. The third kappa shape index (κ3) is 3.37. The lowest BCUT2D eigenvalue weighted by molar-refractivity contribution is 0.671. The second kappa shape index (κ2) is 6.26. The molecule has 2 aromatic heterocycles.